The maximum absolute atomic E-state index is 12.7. The molecule has 0 aliphatic carbocycles. The smallest absolute Gasteiger partial charge is 0.484 e. The van der Waals surface area contributed by atoms with Gasteiger partial charge in [-0.1, -0.05) is 0 Å². The highest BCUT2D eigenvalue weighted by molar-refractivity contribution is 8.01. The van der Waals surface area contributed by atoms with E-state index >= 15 is 0 Å². The van der Waals surface area contributed by atoms with E-state index in [-0.39, 0.29) is 36.1 Å². The van der Waals surface area contributed by atoms with E-state index in [9.17, 15) is 23.1 Å². The van der Waals surface area contributed by atoms with Crippen molar-refractivity contribution < 1.29 is 41.7 Å². The van der Waals surface area contributed by atoms with E-state index in [4.69, 9.17) is 13.9 Å². The Hall–Kier alpha value is -4.26. The lowest BCUT2D eigenvalue weighted by Gasteiger charge is -2.20. The first-order chi connectivity index (χ1) is 20.1. The zero-order chi connectivity index (χ0) is 31.5. The van der Waals surface area contributed by atoms with Crippen molar-refractivity contribution in [3.8, 4) is 40.1 Å². The summed E-state index contributed by atoms with van der Waals surface area (Å²) in [5.41, 5.74) is 2.92. The Balaban J connectivity index is 1.63. The molecule has 0 spiro atoms. The number of aryl methyl sites for hydroxylation is 2. The Morgan fingerprint density at radius 2 is 1.67 bits per heavy atom. The van der Waals surface area contributed by atoms with E-state index in [0.29, 0.717) is 22.6 Å². The van der Waals surface area contributed by atoms with Gasteiger partial charge >= 0.3 is 18.3 Å². The Bertz CT molecular complexity index is 1590. The van der Waals surface area contributed by atoms with Crippen molar-refractivity contribution in [3.05, 3.63) is 65.8 Å². The second kappa shape index (κ2) is 12.5. The van der Waals surface area contributed by atoms with E-state index in [1.165, 1.54) is 48.4 Å². The summed E-state index contributed by atoms with van der Waals surface area (Å²) in [5.74, 6) is -0.262. The molecular formula is C30H30F3N3O6S. The predicted octanol–water partition coefficient (Wildman–Crippen LogP) is 7.64. The lowest BCUT2D eigenvalue weighted by molar-refractivity contribution is -0.274. The molecule has 0 atom stereocenters. The number of aliphatic carboxylic acids is 1. The highest BCUT2D eigenvalue weighted by atomic mass is 32.2. The van der Waals surface area contributed by atoms with Gasteiger partial charge in [0.05, 0.1) is 6.10 Å². The van der Waals surface area contributed by atoms with E-state index in [2.05, 4.69) is 19.7 Å². The number of carboxylic acids is 1. The summed E-state index contributed by atoms with van der Waals surface area (Å²) < 4.78 is 58.5. The van der Waals surface area contributed by atoms with E-state index < -0.39 is 17.1 Å². The molecule has 0 aliphatic rings. The first-order valence-corrected chi connectivity index (χ1v) is 13.9. The number of benzene rings is 2. The Morgan fingerprint density at radius 3 is 2.26 bits per heavy atom. The van der Waals surface area contributed by atoms with Gasteiger partial charge in [-0.25, -0.2) is 15.0 Å². The van der Waals surface area contributed by atoms with Crippen LogP contribution < -0.4 is 14.2 Å². The highest BCUT2D eigenvalue weighted by Gasteiger charge is 2.31. The summed E-state index contributed by atoms with van der Waals surface area (Å²) in [4.78, 5) is 25.4. The largest absolute Gasteiger partial charge is 0.573 e. The minimum absolute atomic E-state index is 0.0644. The average molecular weight is 618 g/mol. The zero-order valence-electron chi connectivity index (χ0n) is 24.3. The Morgan fingerprint density at radius 1 is 1.02 bits per heavy atom. The predicted molar refractivity (Wildman–Crippen MR) is 153 cm³/mol. The minimum Gasteiger partial charge on any atom is -0.484 e. The SMILES string of the molecule is Cc1cc(SC(C)(C)C(=O)O)c(C)cc1OCc1nc(-c2cnc(OC(C)C)nc2)c(-c2ccc(OC(F)(F)F)cc2)o1. The van der Waals surface area contributed by atoms with Crippen molar-refractivity contribution in [1.29, 1.82) is 0 Å². The van der Waals surface area contributed by atoms with Gasteiger partial charge in [-0.15, -0.1) is 24.9 Å². The minimum atomic E-state index is -4.82. The fourth-order valence-electron chi connectivity index (χ4n) is 3.82. The van der Waals surface area contributed by atoms with Crippen LogP contribution >= 0.6 is 11.8 Å². The average Bonchev–Trinajstić information content (AvgIpc) is 3.33. The Labute approximate surface area is 250 Å². The van der Waals surface area contributed by atoms with Gasteiger partial charge in [0.1, 0.15) is 21.9 Å². The molecule has 2 heterocycles. The monoisotopic (exact) mass is 617 g/mol. The van der Waals surface area contributed by atoms with Gasteiger partial charge in [0, 0.05) is 28.4 Å². The standard InChI is InChI=1S/C30H30F3N3O6S/c1-16(2)40-28-34-13-20(14-35-28)25-26(19-7-9-21(10-8-19)42-30(31,32)33)41-24(36-25)15-39-22-11-18(4)23(12-17(22)3)43-29(5,6)27(37)38/h7-14,16H,15H2,1-6H3,(H,37,38). The number of carbonyl (C=O) groups is 1. The molecule has 4 rings (SSSR count). The van der Waals surface area contributed by atoms with Crippen molar-refractivity contribution in [2.75, 3.05) is 0 Å². The normalized spacial score (nSPS) is 12.0. The number of aromatic nitrogens is 3. The molecule has 0 aliphatic heterocycles. The van der Waals surface area contributed by atoms with Crippen LogP contribution in [0.25, 0.3) is 22.6 Å². The molecule has 2 aromatic heterocycles. The number of rotatable bonds is 11. The Kier molecular flexibility index (Phi) is 9.24. The number of carboxylic acid groups (broad SMARTS) is 1. The zero-order valence-corrected chi connectivity index (χ0v) is 25.1. The van der Waals surface area contributed by atoms with Gasteiger partial charge in [-0.2, -0.15) is 0 Å². The molecule has 2 aromatic carbocycles. The fourth-order valence-corrected chi connectivity index (χ4v) is 4.92. The maximum atomic E-state index is 12.7. The molecule has 0 bridgehead atoms. The van der Waals surface area contributed by atoms with Crippen LogP contribution in [0.1, 0.15) is 44.7 Å². The van der Waals surface area contributed by atoms with E-state index in [1.807, 2.05) is 39.8 Å². The number of oxazole rings is 1. The molecule has 0 saturated heterocycles. The number of hydrogen-bond acceptors (Lipinski definition) is 9. The highest BCUT2D eigenvalue weighted by Crippen LogP contribution is 2.38. The molecule has 4 aromatic rings. The van der Waals surface area contributed by atoms with Gasteiger partial charge in [-0.05, 0) is 89.1 Å². The molecule has 228 valence electrons. The number of ether oxygens (including phenoxy) is 3. The molecule has 9 nitrogen and oxygen atoms in total. The molecular weight excluding hydrogens is 587 g/mol. The van der Waals surface area contributed by atoms with Crippen molar-refractivity contribution in [2.45, 2.75) is 70.3 Å². The molecule has 0 unspecified atom stereocenters. The number of halogens is 3. The third kappa shape index (κ3) is 8.19. The molecule has 0 amide bonds. The summed E-state index contributed by atoms with van der Waals surface area (Å²) in [5, 5.41) is 9.49. The quantitative estimate of drug-likeness (QED) is 0.168. The first kappa shape index (κ1) is 31.7. The van der Waals surface area contributed by atoms with Gasteiger partial charge in [0.25, 0.3) is 0 Å². The number of nitrogens with zero attached hydrogens (tertiary/aromatic N) is 3. The van der Waals surface area contributed by atoms with Crippen LogP contribution in [0.3, 0.4) is 0 Å². The van der Waals surface area contributed by atoms with Crippen LogP contribution in [0.4, 0.5) is 13.2 Å². The lowest BCUT2D eigenvalue weighted by Crippen LogP contribution is -2.27. The second-order valence-electron chi connectivity index (χ2n) is 10.4. The van der Waals surface area contributed by atoms with Crippen LogP contribution in [-0.4, -0.2) is 43.2 Å². The fraction of sp³-hybridized carbons (Fsp3) is 0.333. The van der Waals surface area contributed by atoms with Crippen molar-refractivity contribution in [1.82, 2.24) is 15.0 Å². The van der Waals surface area contributed by atoms with Gasteiger partial charge in [0.2, 0.25) is 5.89 Å². The molecule has 43 heavy (non-hydrogen) atoms. The van der Waals surface area contributed by atoms with Crippen LogP contribution in [0.15, 0.2) is 58.1 Å². The van der Waals surface area contributed by atoms with Crippen LogP contribution in [0.2, 0.25) is 0 Å². The van der Waals surface area contributed by atoms with Crippen LogP contribution in [-0.2, 0) is 11.4 Å². The van der Waals surface area contributed by atoms with Gasteiger partial charge in [0.15, 0.2) is 12.4 Å². The van der Waals surface area contributed by atoms with Crippen molar-refractivity contribution >= 4 is 17.7 Å². The third-order valence-electron chi connectivity index (χ3n) is 5.97. The number of thioether (sulfide) groups is 1. The van der Waals surface area contributed by atoms with Crippen LogP contribution in [0, 0.1) is 13.8 Å². The summed E-state index contributed by atoms with van der Waals surface area (Å²) in [7, 11) is 0. The molecule has 1 N–H and O–H groups in total. The third-order valence-corrected chi connectivity index (χ3v) is 7.31. The van der Waals surface area contributed by atoms with Crippen molar-refractivity contribution in [2.24, 2.45) is 0 Å². The first-order valence-electron chi connectivity index (χ1n) is 13.1. The van der Waals surface area contributed by atoms with Gasteiger partial charge in [-0.3, -0.25) is 4.79 Å². The number of hydrogen-bond donors (Lipinski definition) is 1. The lowest BCUT2D eigenvalue weighted by atomic mass is 10.1. The van der Waals surface area contributed by atoms with Gasteiger partial charge < -0.3 is 23.7 Å². The molecule has 0 radical (unpaired) electrons. The van der Waals surface area contributed by atoms with Crippen molar-refractivity contribution in [3.63, 3.8) is 0 Å². The summed E-state index contributed by atoms with van der Waals surface area (Å²) in [6.45, 7) is 10.6. The summed E-state index contributed by atoms with van der Waals surface area (Å²) in [6, 6.07) is 9.08. The molecule has 0 saturated carbocycles. The summed E-state index contributed by atoms with van der Waals surface area (Å²) in [6.07, 6.45) is -1.92. The number of alkyl halides is 3. The van der Waals surface area contributed by atoms with Crippen LogP contribution in [0.5, 0.6) is 17.5 Å². The summed E-state index contributed by atoms with van der Waals surface area (Å²) >= 11 is 1.25. The maximum Gasteiger partial charge on any atom is 0.573 e. The second-order valence-corrected chi connectivity index (χ2v) is 12.0. The molecule has 0 fully saturated rings. The van der Waals surface area contributed by atoms with E-state index in [1.54, 1.807) is 13.8 Å². The van der Waals surface area contributed by atoms with E-state index in [0.717, 1.165) is 16.0 Å². The molecule has 13 heteroatoms. The topological polar surface area (TPSA) is 117 Å².